The highest BCUT2D eigenvalue weighted by Gasteiger charge is 2.35. The number of ether oxygens (including phenoxy) is 2. The topological polar surface area (TPSA) is 38.8 Å². The van der Waals surface area contributed by atoms with Crippen LogP contribution in [0.15, 0.2) is 65.1 Å². The fourth-order valence-corrected chi connectivity index (χ4v) is 4.04. The Hall–Kier alpha value is -2.57. The molecule has 0 aromatic heterocycles. The van der Waals surface area contributed by atoms with Gasteiger partial charge >= 0.3 is 0 Å². The first-order valence-electron chi connectivity index (χ1n) is 8.27. The molecule has 0 N–H and O–H groups in total. The van der Waals surface area contributed by atoms with E-state index in [0.717, 1.165) is 11.1 Å². The number of methoxy groups -OCH3 is 2. The van der Waals surface area contributed by atoms with E-state index in [1.165, 1.54) is 16.7 Å². The fourth-order valence-electron chi connectivity index (χ4n) is 2.71. The first-order valence-corrected chi connectivity index (χ1v) is 9.49. The Morgan fingerprint density at radius 1 is 1.11 bits per heavy atom. The first-order chi connectivity index (χ1) is 13.0. The van der Waals surface area contributed by atoms with Crippen molar-refractivity contribution in [1.82, 2.24) is 0 Å². The molecule has 1 amide bonds. The van der Waals surface area contributed by atoms with Gasteiger partial charge < -0.3 is 9.47 Å². The molecule has 27 heavy (non-hydrogen) atoms. The minimum atomic E-state index is -0.158. The Kier molecular flexibility index (Phi) is 5.98. The molecule has 0 spiro atoms. The quantitative estimate of drug-likeness (QED) is 0.521. The maximum absolute atomic E-state index is 13.0. The van der Waals surface area contributed by atoms with E-state index >= 15 is 0 Å². The number of carbonyl (C=O) groups is 1. The molecular weight excluding hydrogens is 378 g/mol. The van der Waals surface area contributed by atoms with Gasteiger partial charge in [-0.25, -0.2) is 0 Å². The molecule has 2 aromatic rings. The SMILES string of the molecule is COc1ccc(N2C(=O)C(=CC(C)=Cc3ccccc3)SC2=S)c(OC)c1. The average molecular weight is 398 g/mol. The maximum atomic E-state index is 13.0. The molecule has 1 aliphatic heterocycles. The van der Waals surface area contributed by atoms with E-state index in [9.17, 15) is 4.79 Å². The molecule has 3 rings (SSSR count). The smallest absolute Gasteiger partial charge is 0.270 e. The van der Waals surface area contributed by atoms with Crippen molar-refractivity contribution < 1.29 is 14.3 Å². The van der Waals surface area contributed by atoms with E-state index in [1.54, 1.807) is 32.4 Å². The number of hydrogen-bond donors (Lipinski definition) is 0. The Balaban J connectivity index is 1.90. The summed E-state index contributed by atoms with van der Waals surface area (Å²) < 4.78 is 11.1. The van der Waals surface area contributed by atoms with Gasteiger partial charge in [0.15, 0.2) is 4.32 Å². The minimum absolute atomic E-state index is 0.158. The van der Waals surface area contributed by atoms with Crippen LogP contribution < -0.4 is 14.4 Å². The highest BCUT2D eigenvalue weighted by atomic mass is 32.2. The highest BCUT2D eigenvalue weighted by molar-refractivity contribution is 8.27. The summed E-state index contributed by atoms with van der Waals surface area (Å²) in [7, 11) is 3.14. The predicted octanol–water partition coefficient (Wildman–Crippen LogP) is 5.06. The van der Waals surface area contributed by atoms with Crippen molar-refractivity contribution in [3.05, 3.63) is 70.6 Å². The second-order valence-electron chi connectivity index (χ2n) is 5.85. The largest absolute Gasteiger partial charge is 0.497 e. The first kappa shape index (κ1) is 19.2. The van der Waals surface area contributed by atoms with Crippen LogP contribution in [0.2, 0.25) is 0 Å². The Morgan fingerprint density at radius 2 is 1.85 bits per heavy atom. The molecule has 2 aromatic carbocycles. The third-order valence-electron chi connectivity index (χ3n) is 3.97. The van der Waals surface area contributed by atoms with Crippen molar-refractivity contribution in [2.45, 2.75) is 6.92 Å². The normalized spacial score (nSPS) is 16.2. The van der Waals surface area contributed by atoms with Gasteiger partial charge in [-0.3, -0.25) is 9.69 Å². The molecule has 0 bridgehead atoms. The molecule has 1 aliphatic rings. The van der Waals surface area contributed by atoms with Gasteiger partial charge in [0, 0.05) is 6.07 Å². The Labute approximate surface area is 168 Å². The number of anilines is 1. The van der Waals surface area contributed by atoms with E-state index in [-0.39, 0.29) is 5.91 Å². The third-order valence-corrected chi connectivity index (χ3v) is 5.28. The highest BCUT2D eigenvalue weighted by Crippen LogP contribution is 2.40. The van der Waals surface area contributed by atoms with Gasteiger partial charge in [-0.1, -0.05) is 60.4 Å². The molecule has 0 unspecified atom stereocenters. The third kappa shape index (κ3) is 4.23. The van der Waals surface area contributed by atoms with Crippen molar-refractivity contribution in [3.63, 3.8) is 0 Å². The zero-order valence-corrected chi connectivity index (χ0v) is 16.9. The van der Waals surface area contributed by atoms with Gasteiger partial charge in [-0.15, -0.1) is 0 Å². The van der Waals surface area contributed by atoms with Crippen molar-refractivity contribution in [1.29, 1.82) is 0 Å². The number of allylic oxidation sites excluding steroid dienone is 2. The van der Waals surface area contributed by atoms with Gasteiger partial charge in [-0.2, -0.15) is 0 Å². The molecular formula is C21H19NO3S2. The van der Waals surface area contributed by atoms with Crippen LogP contribution in [0.5, 0.6) is 11.5 Å². The molecule has 0 atom stereocenters. The number of nitrogens with zero attached hydrogens (tertiary/aromatic N) is 1. The van der Waals surface area contributed by atoms with Crippen molar-refractivity contribution in [2.75, 3.05) is 19.1 Å². The zero-order chi connectivity index (χ0) is 19.4. The molecule has 0 radical (unpaired) electrons. The molecule has 1 heterocycles. The van der Waals surface area contributed by atoms with E-state index < -0.39 is 0 Å². The van der Waals surface area contributed by atoms with Crippen LogP contribution in [0.4, 0.5) is 5.69 Å². The summed E-state index contributed by atoms with van der Waals surface area (Å²) in [6, 6.07) is 15.3. The lowest BCUT2D eigenvalue weighted by molar-refractivity contribution is -0.113. The fraction of sp³-hybridized carbons (Fsp3) is 0.143. The minimum Gasteiger partial charge on any atom is -0.497 e. The standard InChI is InChI=1S/C21H19NO3S2/c1-14(11-15-7-5-4-6-8-15)12-19-20(23)22(21(26)27-19)17-10-9-16(24-2)13-18(17)25-3/h4-13H,1-3H3. The predicted molar refractivity (Wildman–Crippen MR) is 115 cm³/mol. The van der Waals surface area contributed by atoms with Crippen molar-refractivity contribution >= 4 is 46.0 Å². The van der Waals surface area contributed by atoms with E-state index in [4.69, 9.17) is 21.7 Å². The average Bonchev–Trinajstić information content (AvgIpc) is 2.95. The van der Waals surface area contributed by atoms with Crippen LogP contribution >= 0.6 is 24.0 Å². The summed E-state index contributed by atoms with van der Waals surface area (Å²) >= 11 is 6.73. The van der Waals surface area contributed by atoms with E-state index in [1.807, 2.05) is 49.4 Å². The second kappa shape index (κ2) is 8.41. The summed E-state index contributed by atoms with van der Waals surface area (Å²) in [6.07, 6.45) is 3.89. The second-order valence-corrected chi connectivity index (χ2v) is 7.53. The van der Waals surface area contributed by atoms with Crippen LogP contribution in [0.3, 0.4) is 0 Å². The van der Waals surface area contributed by atoms with Crippen LogP contribution in [0, 0.1) is 0 Å². The lowest BCUT2D eigenvalue weighted by atomic mass is 10.1. The molecule has 1 saturated heterocycles. The van der Waals surface area contributed by atoms with Gasteiger partial charge in [0.05, 0.1) is 24.8 Å². The van der Waals surface area contributed by atoms with Crippen molar-refractivity contribution in [3.8, 4) is 11.5 Å². The molecule has 6 heteroatoms. The van der Waals surface area contributed by atoms with E-state index in [0.29, 0.717) is 26.4 Å². The lowest BCUT2D eigenvalue weighted by Crippen LogP contribution is -2.28. The Bertz CT molecular complexity index is 936. The number of hydrogen-bond acceptors (Lipinski definition) is 5. The number of thioether (sulfide) groups is 1. The van der Waals surface area contributed by atoms with Crippen LogP contribution in [0.1, 0.15) is 12.5 Å². The van der Waals surface area contributed by atoms with E-state index in [2.05, 4.69) is 0 Å². The van der Waals surface area contributed by atoms with Gasteiger partial charge in [0.2, 0.25) is 0 Å². The van der Waals surface area contributed by atoms with Gasteiger partial charge in [-0.05, 0) is 36.3 Å². The summed E-state index contributed by atoms with van der Waals surface area (Å²) in [5.41, 5.74) is 2.66. The summed E-state index contributed by atoms with van der Waals surface area (Å²) in [5, 5.41) is 0. The van der Waals surface area contributed by atoms with Crippen molar-refractivity contribution in [2.24, 2.45) is 0 Å². The molecule has 4 nitrogen and oxygen atoms in total. The van der Waals surface area contributed by atoms with Crippen LogP contribution in [0.25, 0.3) is 6.08 Å². The van der Waals surface area contributed by atoms with Crippen LogP contribution in [-0.2, 0) is 4.79 Å². The maximum Gasteiger partial charge on any atom is 0.270 e. The number of carbonyl (C=O) groups excluding carboxylic acids is 1. The summed E-state index contributed by atoms with van der Waals surface area (Å²) in [6.45, 7) is 1.97. The zero-order valence-electron chi connectivity index (χ0n) is 15.3. The molecule has 0 aliphatic carbocycles. The number of thiocarbonyl (C=S) groups is 1. The molecule has 138 valence electrons. The van der Waals surface area contributed by atoms with Gasteiger partial charge in [0.1, 0.15) is 11.5 Å². The molecule has 1 fully saturated rings. The summed E-state index contributed by atoms with van der Waals surface area (Å²) in [4.78, 5) is 15.0. The summed E-state index contributed by atoms with van der Waals surface area (Å²) in [5.74, 6) is 1.02. The monoisotopic (exact) mass is 397 g/mol. The number of amides is 1. The molecule has 0 saturated carbocycles. The van der Waals surface area contributed by atoms with Gasteiger partial charge in [0.25, 0.3) is 5.91 Å². The number of benzene rings is 2. The number of rotatable bonds is 5. The lowest BCUT2D eigenvalue weighted by Gasteiger charge is -2.18. The Morgan fingerprint density at radius 3 is 2.52 bits per heavy atom. The van der Waals surface area contributed by atoms with Crippen LogP contribution in [-0.4, -0.2) is 24.4 Å².